The first kappa shape index (κ1) is 34.0. The van der Waals surface area contributed by atoms with Crippen molar-refractivity contribution in [2.45, 2.75) is 0 Å². The van der Waals surface area contributed by atoms with E-state index in [1.165, 1.54) is 86.2 Å². The maximum Gasteiger partial charge on any atom is 0.0462 e. The Morgan fingerprint density at radius 1 is 0.276 bits per heavy atom. The highest BCUT2D eigenvalue weighted by atomic mass is 32.1. The van der Waals surface area contributed by atoms with E-state index in [4.69, 9.17) is 0 Å². The van der Waals surface area contributed by atoms with Gasteiger partial charge in [-0.3, -0.25) is 0 Å². The molecule has 0 N–H and O–H groups in total. The molecule has 58 heavy (non-hydrogen) atoms. The van der Waals surface area contributed by atoms with E-state index in [1.54, 1.807) is 0 Å². The SMILES string of the molecule is c1ccc(-c2c(-c3ccccc3)c3cc(-c4ccc(N(c5ccccc5)c5ccc(-c6cccc7c6sc6ccccc67)cc5)cc4)ccc3c3ccccc23)cc1. The molecule has 10 aromatic carbocycles. The van der Waals surface area contributed by atoms with E-state index in [1.807, 2.05) is 11.3 Å². The van der Waals surface area contributed by atoms with Crippen molar-refractivity contribution >= 4 is 70.1 Å². The van der Waals surface area contributed by atoms with Crippen LogP contribution in [0, 0.1) is 0 Å². The van der Waals surface area contributed by atoms with Gasteiger partial charge in [-0.1, -0.05) is 176 Å². The van der Waals surface area contributed by atoms with Gasteiger partial charge in [-0.15, -0.1) is 11.3 Å². The van der Waals surface area contributed by atoms with Crippen molar-refractivity contribution < 1.29 is 0 Å². The second-order valence-electron chi connectivity index (χ2n) is 14.8. The predicted octanol–water partition coefficient (Wildman–Crippen LogP) is 16.5. The molecule has 2 heteroatoms. The Hall–Kier alpha value is -7.26. The molecule has 0 saturated heterocycles. The molecule has 1 nitrogen and oxygen atoms in total. The van der Waals surface area contributed by atoms with Gasteiger partial charge in [0.05, 0.1) is 0 Å². The molecule has 0 unspecified atom stereocenters. The monoisotopic (exact) mass is 755 g/mol. The van der Waals surface area contributed by atoms with Crippen LogP contribution in [0.5, 0.6) is 0 Å². The summed E-state index contributed by atoms with van der Waals surface area (Å²) in [4.78, 5) is 2.35. The lowest BCUT2D eigenvalue weighted by Gasteiger charge is -2.26. The summed E-state index contributed by atoms with van der Waals surface area (Å²) in [6, 6.07) is 81.7. The Morgan fingerprint density at radius 3 is 1.43 bits per heavy atom. The molecule has 1 aromatic heterocycles. The van der Waals surface area contributed by atoms with E-state index in [2.05, 4.69) is 229 Å². The van der Waals surface area contributed by atoms with E-state index in [-0.39, 0.29) is 0 Å². The van der Waals surface area contributed by atoms with Gasteiger partial charge < -0.3 is 4.90 Å². The van der Waals surface area contributed by atoms with E-state index < -0.39 is 0 Å². The number of thiophene rings is 1. The first-order chi connectivity index (χ1) is 28.8. The fraction of sp³-hybridized carbons (Fsp3) is 0. The fourth-order valence-electron chi connectivity index (χ4n) is 8.77. The van der Waals surface area contributed by atoms with Crippen LogP contribution in [0.15, 0.2) is 224 Å². The lowest BCUT2D eigenvalue weighted by Crippen LogP contribution is -2.09. The Labute approximate surface area is 342 Å². The average Bonchev–Trinajstić information content (AvgIpc) is 3.69. The fourth-order valence-corrected chi connectivity index (χ4v) is 10.0. The molecule has 0 aliphatic carbocycles. The summed E-state index contributed by atoms with van der Waals surface area (Å²) in [5.74, 6) is 0. The average molecular weight is 756 g/mol. The minimum absolute atomic E-state index is 1.11. The molecule has 0 radical (unpaired) electrons. The second kappa shape index (κ2) is 14.4. The van der Waals surface area contributed by atoms with Crippen molar-refractivity contribution in [3.8, 4) is 44.5 Å². The van der Waals surface area contributed by atoms with Crippen LogP contribution >= 0.6 is 11.3 Å². The molecule has 11 rings (SSSR count). The molecule has 11 aromatic rings. The molecular weight excluding hydrogens is 719 g/mol. The van der Waals surface area contributed by atoms with Gasteiger partial charge in [0.15, 0.2) is 0 Å². The van der Waals surface area contributed by atoms with Crippen LogP contribution in [0.1, 0.15) is 0 Å². The molecule has 0 atom stereocenters. The van der Waals surface area contributed by atoms with Crippen molar-refractivity contribution in [3.63, 3.8) is 0 Å². The van der Waals surface area contributed by atoms with Gasteiger partial charge >= 0.3 is 0 Å². The number of anilines is 3. The molecule has 0 aliphatic heterocycles. The Kier molecular flexibility index (Phi) is 8.42. The van der Waals surface area contributed by atoms with Crippen molar-refractivity contribution in [1.82, 2.24) is 0 Å². The van der Waals surface area contributed by atoms with Crippen LogP contribution in [0.4, 0.5) is 17.1 Å². The minimum atomic E-state index is 1.11. The predicted molar refractivity (Wildman–Crippen MR) is 251 cm³/mol. The van der Waals surface area contributed by atoms with Gasteiger partial charge in [-0.2, -0.15) is 0 Å². The van der Waals surface area contributed by atoms with E-state index in [9.17, 15) is 0 Å². The lowest BCUT2D eigenvalue weighted by atomic mass is 9.84. The van der Waals surface area contributed by atoms with Crippen LogP contribution in [0.3, 0.4) is 0 Å². The zero-order valence-corrected chi connectivity index (χ0v) is 32.5. The summed E-state index contributed by atoms with van der Waals surface area (Å²) in [6.07, 6.45) is 0. The van der Waals surface area contributed by atoms with Crippen LogP contribution in [0.25, 0.3) is 86.2 Å². The standard InChI is InChI=1S/C56H37NS/c1-4-15-40(16-5-1)54-50-23-11-10-21-47(50)48-36-31-42(37-52(48)55(54)41-17-6-2-7-18-41)38-27-32-44(33-28-38)57(43-19-8-3-9-20-43)45-34-29-39(30-35-45)46-24-14-25-51-49-22-12-13-26-53(49)58-56(46)51/h1-37H. The van der Waals surface area contributed by atoms with E-state index in [0.29, 0.717) is 0 Å². The highest BCUT2D eigenvalue weighted by Gasteiger charge is 2.19. The number of fused-ring (bicyclic) bond motifs is 6. The van der Waals surface area contributed by atoms with E-state index in [0.717, 1.165) is 17.1 Å². The normalized spacial score (nSPS) is 11.4. The zero-order valence-electron chi connectivity index (χ0n) is 31.7. The van der Waals surface area contributed by atoms with Crippen LogP contribution in [-0.2, 0) is 0 Å². The largest absolute Gasteiger partial charge is 0.311 e. The zero-order chi connectivity index (χ0) is 38.4. The molecule has 0 fully saturated rings. The smallest absolute Gasteiger partial charge is 0.0462 e. The molecule has 0 bridgehead atoms. The van der Waals surface area contributed by atoms with Crippen LogP contribution < -0.4 is 4.90 Å². The van der Waals surface area contributed by atoms with Crippen molar-refractivity contribution in [1.29, 1.82) is 0 Å². The first-order valence-electron chi connectivity index (χ1n) is 19.8. The Bertz CT molecular complexity index is 3240. The van der Waals surface area contributed by atoms with Crippen LogP contribution in [-0.4, -0.2) is 0 Å². The van der Waals surface area contributed by atoms with E-state index >= 15 is 0 Å². The quantitative estimate of drug-likeness (QED) is 0.146. The summed E-state index contributed by atoms with van der Waals surface area (Å²) < 4.78 is 2.66. The first-order valence-corrected chi connectivity index (χ1v) is 20.7. The third kappa shape index (κ3) is 5.86. The minimum Gasteiger partial charge on any atom is -0.311 e. The van der Waals surface area contributed by atoms with Gasteiger partial charge in [0, 0.05) is 37.2 Å². The Morgan fingerprint density at radius 2 is 0.759 bits per heavy atom. The second-order valence-corrected chi connectivity index (χ2v) is 15.9. The van der Waals surface area contributed by atoms with Gasteiger partial charge in [0.2, 0.25) is 0 Å². The van der Waals surface area contributed by atoms with Crippen LogP contribution in [0.2, 0.25) is 0 Å². The summed E-state index contributed by atoms with van der Waals surface area (Å²) >= 11 is 1.88. The summed E-state index contributed by atoms with van der Waals surface area (Å²) in [7, 11) is 0. The highest BCUT2D eigenvalue weighted by Crippen LogP contribution is 2.46. The van der Waals surface area contributed by atoms with Gasteiger partial charge in [0.25, 0.3) is 0 Å². The number of rotatable bonds is 7. The third-order valence-electron chi connectivity index (χ3n) is 11.5. The van der Waals surface area contributed by atoms with Gasteiger partial charge in [-0.05, 0) is 115 Å². The molecule has 0 amide bonds. The maximum atomic E-state index is 2.40. The number of nitrogens with zero attached hydrogens (tertiary/aromatic N) is 1. The van der Waals surface area contributed by atoms with Crippen molar-refractivity contribution in [2.75, 3.05) is 4.90 Å². The number of para-hydroxylation sites is 1. The van der Waals surface area contributed by atoms with Crippen molar-refractivity contribution in [2.24, 2.45) is 0 Å². The molecule has 0 aliphatic rings. The third-order valence-corrected chi connectivity index (χ3v) is 12.7. The Balaban J connectivity index is 1.01. The molecule has 0 spiro atoms. The number of hydrogen-bond acceptors (Lipinski definition) is 2. The molecule has 1 heterocycles. The molecule has 0 saturated carbocycles. The highest BCUT2D eigenvalue weighted by molar-refractivity contribution is 7.26. The van der Waals surface area contributed by atoms with Gasteiger partial charge in [-0.25, -0.2) is 0 Å². The summed E-state index contributed by atoms with van der Waals surface area (Å²) in [5.41, 5.74) is 13.2. The number of hydrogen-bond donors (Lipinski definition) is 0. The maximum absolute atomic E-state index is 2.40. The lowest BCUT2D eigenvalue weighted by molar-refractivity contribution is 1.28. The molecular formula is C56H37NS. The van der Waals surface area contributed by atoms with Crippen molar-refractivity contribution in [3.05, 3.63) is 224 Å². The molecule has 272 valence electrons. The number of benzene rings is 10. The van der Waals surface area contributed by atoms with Gasteiger partial charge in [0.1, 0.15) is 0 Å². The topological polar surface area (TPSA) is 3.24 Å². The summed E-state index contributed by atoms with van der Waals surface area (Å²) in [5, 5.41) is 7.69. The summed E-state index contributed by atoms with van der Waals surface area (Å²) in [6.45, 7) is 0.